The van der Waals surface area contributed by atoms with Gasteiger partial charge in [-0.1, -0.05) is 38.1 Å². The molecular formula is C23H31NO2. The van der Waals surface area contributed by atoms with Crippen LogP contribution in [0.15, 0.2) is 47.6 Å². The van der Waals surface area contributed by atoms with E-state index in [1.165, 1.54) is 5.57 Å². The van der Waals surface area contributed by atoms with Crippen molar-refractivity contribution >= 4 is 18.0 Å². The number of carbonyl (C=O) groups is 1. The number of hydrogen-bond donors (Lipinski definition) is 0. The maximum absolute atomic E-state index is 10.8. The number of nitrogens with zero attached hydrogens (tertiary/aromatic N) is 1. The summed E-state index contributed by atoms with van der Waals surface area (Å²) in [7, 11) is 1.72. The Labute approximate surface area is 158 Å². The van der Waals surface area contributed by atoms with Crippen molar-refractivity contribution in [2.45, 2.75) is 40.5 Å². The van der Waals surface area contributed by atoms with Crippen LogP contribution in [0.2, 0.25) is 0 Å². The molecule has 0 aliphatic heterocycles. The largest absolute Gasteiger partial charge is 0.495 e. The molecule has 1 aliphatic carbocycles. The number of benzene rings is 1. The van der Waals surface area contributed by atoms with Crippen molar-refractivity contribution in [3.05, 3.63) is 53.1 Å². The summed E-state index contributed by atoms with van der Waals surface area (Å²) in [5.74, 6) is 0.898. The Balaban J connectivity index is 2.27. The van der Waals surface area contributed by atoms with Crippen molar-refractivity contribution < 1.29 is 9.53 Å². The van der Waals surface area contributed by atoms with E-state index in [1.54, 1.807) is 13.2 Å². The smallest absolute Gasteiger partial charge is 0.143 e. The predicted octanol–water partition coefficient (Wildman–Crippen LogP) is 5.43. The molecule has 0 N–H and O–H groups in total. The molecule has 26 heavy (non-hydrogen) atoms. The number of hydrogen-bond acceptors (Lipinski definition) is 3. The van der Waals surface area contributed by atoms with Crippen LogP contribution in [0.5, 0.6) is 5.75 Å². The molecule has 3 heteroatoms. The molecule has 1 aliphatic rings. The minimum absolute atomic E-state index is 0.174. The van der Waals surface area contributed by atoms with E-state index in [2.05, 4.69) is 69.0 Å². The number of carbonyl (C=O) groups excluding carboxylic acids is 1. The van der Waals surface area contributed by atoms with Crippen LogP contribution in [-0.4, -0.2) is 26.5 Å². The van der Waals surface area contributed by atoms with Crippen LogP contribution in [0.3, 0.4) is 0 Å². The lowest BCUT2D eigenvalue weighted by molar-refractivity contribution is -0.104. The van der Waals surface area contributed by atoms with Crippen LogP contribution >= 0.6 is 0 Å². The van der Waals surface area contributed by atoms with Crippen molar-refractivity contribution in [3.8, 4) is 5.75 Å². The van der Waals surface area contributed by atoms with E-state index in [-0.39, 0.29) is 5.41 Å². The third kappa shape index (κ3) is 5.10. The Kier molecular flexibility index (Phi) is 6.84. The van der Waals surface area contributed by atoms with Gasteiger partial charge >= 0.3 is 0 Å². The van der Waals surface area contributed by atoms with Crippen LogP contribution in [0.4, 0.5) is 5.69 Å². The molecule has 0 bridgehead atoms. The molecule has 140 valence electrons. The fourth-order valence-corrected chi connectivity index (χ4v) is 3.64. The van der Waals surface area contributed by atoms with Gasteiger partial charge in [0, 0.05) is 13.1 Å². The normalized spacial score (nSPS) is 18.0. The molecule has 0 atom stereocenters. The first-order chi connectivity index (χ1) is 12.4. The highest BCUT2D eigenvalue weighted by Gasteiger charge is 2.24. The predicted molar refractivity (Wildman–Crippen MR) is 111 cm³/mol. The SMILES string of the molecule is CCN(CC)c1ccc(/C=C/C2=CC(=C/C=O)/CC(C)(C)C2)cc1OC. The molecular weight excluding hydrogens is 322 g/mol. The molecule has 2 rings (SSSR count). The summed E-state index contributed by atoms with van der Waals surface area (Å²) >= 11 is 0. The third-order valence-corrected chi connectivity index (χ3v) is 4.82. The van der Waals surface area contributed by atoms with E-state index in [0.29, 0.717) is 0 Å². The molecule has 0 saturated carbocycles. The minimum atomic E-state index is 0.174. The lowest BCUT2D eigenvalue weighted by Crippen LogP contribution is -2.22. The maximum atomic E-state index is 10.8. The molecule has 0 aromatic heterocycles. The zero-order chi connectivity index (χ0) is 19.2. The minimum Gasteiger partial charge on any atom is -0.495 e. The molecule has 3 nitrogen and oxygen atoms in total. The highest BCUT2D eigenvalue weighted by atomic mass is 16.5. The van der Waals surface area contributed by atoms with E-state index in [1.807, 2.05) is 0 Å². The third-order valence-electron chi connectivity index (χ3n) is 4.82. The fourth-order valence-electron chi connectivity index (χ4n) is 3.64. The molecule has 1 aromatic carbocycles. The lowest BCUT2D eigenvalue weighted by Gasteiger charge is -2.30. The number of anilines is 1. The maximum Gasteiger partial charge on any atom is 0.143 e. The van der Waals surface area contributed by atoms with Crippen molar-refractivity contribution in [2.24, 2.45) is 5.41 Å². The first kappa shape index (κ1) is 20.0. The fraction of sp³-hybridized carbons (Fsp3) is 0.435. The zero-order valence-electron chi connectivity index (χ0n) is 16.7. The first-order valence-electron chi connectivity index (χ1n) is 9.38. The number of methoxy groups -OCH3 is 1. The quantitative estimate of drug-likeness (QED) is 0.484. The second-order valence-electron chi connectivity index (χ2n) is 7.55. The summed E-state index contributed by atoms with van der Waals surface area (Å²) in [6.45, 7) is 10.7. The van der Waals surface area contributed by atoms with E-state index in [9.17, 15) is 4.79 Å². The Bertz CT molecular complexity index is 722. The molecule has 0 radical (unpaired) electrons. The monoisotopic (exact) mass is 353 g/mol. The van der Waals surface area contributed by atoms with Gasteiger partial charge in [-0.2, -0.15) is 0 Å². The van der Waals surface area contributed by atoms with E-state index < -0.39 is 0 Å². The number of ether oxygens (including phenoxy) is 1. The van der Waals surface area contributed by atoms with Gasteiger partial charge in [0.2, 0.25) is 0 Å². The van der Waals surface area contributed by atoms with Gasteiger partial charge in [0.15, 0.2) is 0 Å². The Morgan fingerprint density at radius 3 is 2.50 bits per heavy atom. The van der Waals surface area contributed by atoms with Crippen LogP contribution in [0, 0.1) is 5.41 Å². The van der Waals surface area contributed by atoms with Gasteiger partial charge < -0.3 is 9.64 Å². The summed E-state index contributed by atoms with van der Waals surface area (Å²) in [4.78, 5) is 13.1. The van der Waals surface area contributed by atoms with Gasteiger partial charge in [0.1, 0.15) is 12.0 Å². The standard InChI is InChI=1S/C23H31NO2/c1-6-24(7-2)21-11-10-18(15-22(21)26-5)8-9-19-14-20(12-13-25)17-23(3,4)16-19/h8-15H,6-7,16-17H2,1-5H3/b9-8+,20-12-. The van der Waals surface area contributed by atoms with Crippen molar-refractivity contribution in [1.82, 2.24) is 0 Å². The highest BCUT2D eigenvalue weighted by molar-refractivity contribution is 5.68. The Hall–Kier alpha value is -2.29. The van der Waals surface area contributed by atoms with Gasteiger partial charge in [0.25, 0.3) is 0 Å². The molecule has 0 spiro atoms. The van der Waals surface area contributed by atoms with Crippen molar-refractivity contribution in [1.29, 1.82) is 0 Å². The summed E-state index contributed by atoms with van der Waals surface area (Å²) in [6.07, 6.45) is 10.9. The van der Waals surface area contributed by atoms with Crippen LogP contribution in [-0.2, 0) is 4.79 Å². The number of allylic oxidation sites excluding steroid dienone is 5. The zero-order valence-corrected chi connectivity index (χ0v) is 16.7. The van der Waals surface area contributed by atoms with E-state index in [4.69, 9.17) is 4.74 Å². The molecule has 0 unspecified atom stereocenters. The topological polar surface area (TPSA) is 29.5 Å². The summed E-state index contributed by atoms with van der Waals surface area (Å²) < 4.78 is 5.61. The second-order valence-corrected chi connectivity index (χ2v) is 7.55. The molecule has 1 aromatic rings. The van der Waals surface area contributed by atoms with E-state index >= 15 is 0 Å². The summed E-state index contributed by atoms with van der Waals surface area (Å²) in [5, 5.41) is 0. The van der Waals surface area contributed by atoms with Gasteiger partial charge in [0.05, 0.1) is 12.8 Å². The number of rotatable bonds is 7. The van der Waals surface area contributed by atoms with Crippen LogP contribution in [0.25, 0.3) is 6.08 Å². The number of aldehydes is 1. The van der Waals surface area contributed by atoms with Crippen LogP contribution < -0.4 is 9.64 Å². The van der Waals surface area contributed by atoms with Crippen LogP contribution in [0.1, 0.15) is 46.1 Å². The Morgan fingerprint density at radius 2 is 1.88 bits per heavy atom. The molecule has 0 fully saturated rings. The van der Waals surface area contributed by atoms with Gasteiger partial charge in [-0.25, -0.2) is 0 Å². The van der Waals surface area contributed by atoms with E-state index in [0.717, 1.165) is 54.8 Å². The average Bonchev–Trinajstić information content (AvgIpc) is 2.60. The van der Waals surface area contributed by atoms with Gasteiger partial charge in [-0.15, -0.1) is 0 Å². The summed E-state index contributed by atoms with van der Waals surface area (Å²) in [6, 6.07) is 6.34. The van der Waals surface area contributed by atoms with Gasteiger partial charge in [-0.05, 0) is 67.0 Å². The average molecular weight is 354 g/mol. The second kappa shape index (κ2) is 8.88. The lowest BCUT2D eigenvalue weighted by atomic mass is 9.75. The highest BCUT2D eigenvalue weighted by Crippen LogP contribution is 2.38. The first-order valence-corrected chi connectivity index (χ1v) is 9.38. The molecule has 0 heterocycles. The van der Waals surface area contributed by atoms with Crippen molar-refractivity contribution in [2.75, 3.05) is 25.1 Å². The summed E-state index contributed by atoms with van der Waals surface area (Å²) in [5.41, 5.74) is 4.77. The Morgan fingerprint density at radius 1 is 1.15 bits per heavy atom. The van der Waals surface area contributed by atoms with Crippen molar-refractivity contribution in [3.63, 3.8) is 0 Å². The van der Waals surface area contributed by atoms with Gasteiger partial charge in [-0.3, -0.25) is 4.79 Å². The molecule has 0 amide bonds. The molecule has 0 saturated heterocycles.